The molecule has 0 saturated heterocycles. The molecule has 2 rings (SSSR count). The number of hydrazone groups is 1. The van der Waals surface area contributed by atoms with E-state index in [1.54, 1.807) is 6.07 Å². The lowest BCUT2D eigenvalue weighted by Gasteiger charge is -2.13. The summed E-state index contributed by atoms with van der Waals surface area (Å²) >= 11 is 0. The van der Waals surface area contributed by atoms with Crippen molar-refractivity contribution >= 4 is 27.6 Å². The van der Waals surface area contributed by atoms with E-state index in [0.717, 1.165) is 5.01 Å². The fourth-order valence-corrected chi connectivity index (χ4v) is 2.75. The summed E-state index contributed by atoms with van der Waals surface area (Å²) in [4.78, 5) is 23.3. The molecule has 3 N–H and O–H groups in total. The number of nitrogens with zero attached hydrogens (tertiary/aromatic N) is 2. The van der Waals surface area contributed by atoms with E-state index in [1.165, 1.54) is 18.2 Å². The molecule has 0 aromatic heterocycles. The molecule has 0 saturated carbocycles. The lowest BCUT2D eigenvalue weighted by atomic mass is 10.2. The summed E-state index contributed by atoms with van der Waals surface area (Å²) in [5, 5.41) is 15.9. The molecule has 1 aliphatic rings. The lowest BCUT2D eigenvalue weighted by Crippen LogP contribution is -2.32. The normalized spacial score (nSPS) is 14.8. The Morgan fingerprint density at radius 1 is 1.35 bits per heavy atom. The summed E-state index contributed by atoms with van der Waals surface area (Å²) in [7, 11) is -4.43. The van der Waals surface area contributed by atoms with Gasteiger partial charge in [-0.3, -0.25) is 14.1 Å². The number of aliphatic hydroxyl groups excluding tert-OH is 1. The quantitative estimate of drug-likeness (QED) is 0.575. The zero-order valence-corrected chi connectivity index (χ0v) is 12.8. The molecule has 1 aromatic carbocycles. The Morgan fingerprint density at radius 3 is 2.70 bits per heavy atom. The van der Waals surface area contributed by atoms with Crippen molar-refractivity contribution in [2.75, 3.05) is 13.2 Å². The second-order valence-electron chi connectivity index (χ2n) is 4.74. The Hall–Kier alpha value is -2.30. The number of amides is 2. The van der Waals surface area contributed by atoms with Crippen molar-refractivity contribution in [3.8, 4) is 0 Å². The van der Waals surface area contributed by atoms with Crippen molar-refractivity contribution in [2.45, 2.75) is 17.9 Å². The van der Waals surface area contributed by atoms with Crippen LogP contribution in [0.1, 0.15) is 12.0 Å². The van der Waals surface area contributed by atoms with Gasteiger partial charge in [0.05, 0.1) is 24.5 Å². The van der Waals surface area contributed by atoms with Gasteiger partial charge in [0, 0.05) is 6.54 Å². The summed E-state index contributed by atoms with van der Waals surface area (Å²) in [6.45, 7) is -0.387. The van der Waals surface area contributed by atoms with Crippen molar-refractivity contribution in [1.82, 2.24) is 10.3 Å². The molecule has 23 heavy (non-hydrogen) atoms. The first-order valence-electron chi connectivity index (χ1n) is 6.65. The van der Waals surface area contributed by atoms with Crippen LogP contribution in [0.3, 0.4) is 0 Å². The maximum Gasteiger partial charge on any atom is 0.294 e. The van der Waals surface area contributed by atoms with E-state index in [9.17, 15) is 22.6 Å². The highest BCUT2D eigenvalue weighted by molar-refractivity contribution is 7.85. The summed E-state index contributed by atoms with van der Waals surface area (Å²) in [6.07, 6.45) is -0.217. The van der Waals surface area contributed by atoms with Gasteiger partial charge < -0.3 is 10.4 Å². The monoisotopic (exact) mass is 341 g/mol. The topological polar surface area (TPSA) is 136 Å². The SMILES string of the molecule is O=C(NCCO)C1=NN(Cc2ccccc2S(=O)(=O)O)C(=O)C1. The van der Waals surface area contributed by atoms with Gasteiger partial charge in [0.2, 0.25) is 5.91 Å². The maximum atomic E-state index is 11.9. The molecule has 124 valence electrons. The molecule has 0 bridgehead atoms. The lowest BCUT2D eigenvalue weighted by molar-refractivity contribution is -0.129. The highest BCUT2D eigenvalue weighted by Crippen LogP contribution is 2.20. The van der Waals surface area contributed by atoms with Crippen LogP contribution in [0.5, 0.6) is 0 Å². The van der Waals surface area contributed by atoms with Crippen LogP contribution in [0, 0.1) is 0 Å². The van der Waals surface area contributed by atoms with E-state index in [4.69, 9.17) is 5.11 Å². The molecule has 0 aliphatic carbocycles. The van der Waals surface area contributed by atoms with Crippen LogP contribution >= 0.6 is 0 Å². The molecule has 2 amide bonds. The molecule has 0 fully saturated rings. The number of hydrogen-bond acceptors (Lipinski definition) is 6. The molecule has 0 atom stereocenters. The molecule has 1 heterocycles. The third-order valence-electron chi connectivity index (χ3n) is 3.08. The van der Waals surface area contributed by atoms with E-state index < -0.39 is 21.9 Å². The van der Waals surface area contributed by atoms with Crippen molar-refractivity contribution < 1.29 is 27.7 Å². The first-order valence-corrected chi connectivity index (χ1v) is 8.09. The van der Waals surface area contributed by atoms with E-state index in [0.29, 0.717) is 0 Å². The van der Waals surface area contributed by atoms with Crippen LogP contribution in [0.4, 0.5) is 0 Å². The van der Waals surface area contributed by atoms with Gasteiger partial charge >= 0.3 is 0 Å². The van der Waals surface area contributed by atoms with Crippen LogP contribution in [0.15, 0.2) is 34.3 Å². The van der Waals surface area contributed by atoms with E-state index in [1.807, 2.05) is 0 Å². The number of hydrogen-bond donors (Lipinski definition) is 3. The summed E-state index contributed by atoms with van der Waals surface area (Å²) < 4.78 is 31.8. The second kappa shape index (κ2) is 6.86. The average molecular weight is 341 g/mol. The molecule has 0 unspecified atom stereocenters. The Morgan fingerprint density at radius 2 is 2.04 bits per heavy atom. The summed E-state index contributed by atoms with van der Waals surface area (Å²) in [5.41, 5.74) is 0.164. The van der Waals surface area contributed by atoms with E-state index in [2.05, 4.69) is 10.4 Å². The Balaban J connectivity index is 2.20. The van der Waals surface area contributed by atoms with Crippen LogP contribution < -0.4 is 5.32 Å². The second-order valence-corrected chi connectivity index (χ2v) is 6.13. The minimum absolute atomic E-state index is 0.0206. The summed E-state index contributed by atoms with van der Waals surface area (Å²) in [6, 6.07) is 5.65. The van der Waals surface area contributed by atoms with Gasteiger partial charge in [-0.25, -0.2) is 5.01 Å². The highest BCUT2D eigenvalue weighted by atomic mass is 32.2. The number of nitrogens with one attached hydrogen (secondary N) is 1. The minimum Gasteiger partial charge on any atom is -0.395 e. The highest BCUT2D eigenvalue weighted by Gasteiger charge is 2.29. The van der Waals surface area contributed by atoms with Crippen molar-refractivity contribution in [1.29, 1.82) is 0 Å². The zero-order valence-electron chi connectivity index (χ0n) is 12.0. The third kappa shape index (κ3) is 4.12. The number of carbonyl (C=O) groups is 2. The Labute approximate surface area is 132 Å². The molecule has 9 nitrogen and oxygen atoms in total. The van der Waals surface area contributed by atoms with Crippen molar-refractivity contribution in [2.24, 2.45) is 5.10 Å². The molecule has 1 aliphatic heterocycles. The largest absolute Gasteiger partial charge is 0.395 e. The number of rotatable bonds is 6. The number of carbonyl (C=O) groups excluding carboxylic acids is 2. The van der Waals surface area contributed by atoms with Gasteiger partial charge in [0.1, 0.15) is 5.71 Å². The van der Waals surface area contributed by atoms with Gasteiger partial charge in [-0.05, 0) is 11.6 Å². The van der Waals surface area contributed by atoms with Crippen LogP contribution in [-0.4, -0.2) is 53.8 Å². The zero-order chi connectivity index (χ0) is 17.0. The van der Waals surface area contributed by atoms with Crippen molar-refractivity contribution in [3.63, 3.8) is 0 Å². The summed E-state index contributed by atoms with van der Waals surface area (Å²) in [5.74, 6) is -1.04. The van der Waals surface area contributed by atoms with E-state index in [-0.39, 0.29) is 42.3 Å². The number of aliphatic hydroxyl groups is 1. The van der Waals surface area contributed by atoms with E-state index >= 15 is 0 Å². The number of benzene rings is 1. The third-order valence-corrected chi connectivity index (χ3v) is 4.03. The molecular formula is C13H15N3O6S. The van der Waals surface area contributed by atoms with Crippen LogP contribution in [0.2, 0.25) is 0 Å². The fraction of sp³-hybridized carbons (Fsp3) is 0.308. The maximum absolute atomic E-state index is 11.9. The van der Waals surface area contributed by atoms with Gasteiger partial charge in [0.15, 0.2) is 0 Å². The standard InChI is InChI=1S/C13H15N3O6S/c17-6-5-14-13(19)10-7-12(18)16(15-10)8-9-3-1-2-4-11(9)23(20,21)22/h1-4,17H,5-8H2,(H,14,19)(H,20,21,22). The van der Waals surface area contributed by atoms with Gasteiger partial charge in [-0.15, -0.1) is 0 Å². The predicted molar refractivity (Wildman–Crippen MR) is 79.0 cm³/mol. The Kier molecular flexibility index (Phi) is 5.08. The van der Waals surface area contributed by atoms with Gasteiger partial charge in [0.25, 0.3) is 16.0 Å². The first-order chi connectivity index (χ1) is 10.8. The predicted octanol–water partition coefficient (Wildman–Crippen LogP) is -0.870. The average Bonchev–Trinajstić information content (AvgIpc) is 2.85. The van der Waals surface area contributed by atoms with Crippen molar-refractivity contribution in [3.05, 3.63) is 29.8 Å². The first kappa shape index (κ1) is 17.1. The van der Waals surface area contributed by atoms with Crippen LogP contribution in [0.25, 0.3) is 0 Å². The Bertz CT molecular complexity index is 759. The minimum atomic E-state index is -4.43. The molecule has 10 heteroatoms. The molecule has 1 aromatic rings. The van der Waals surface area contributed by atoms with Crippen LogP contribution in [-0.2, 0) is 26.3 Å². The molecule has 0 spiro atoms. The fourth-order valence-electron chi connectivity index (χ4n) is 2.04. The smallest absolute Gasteiger partial charge is 0.294 e. The molecular weight excluding hydrogens is 326 g/mol. The molecule has 0 radical (unpaired) electrons. The van der Waals surface area contributed by atoms with Gasteiger partial charge in [-0.2, -0.15) is 13.5 Å². The van der Waals surface area contributed by atoms with Gasteiger partial charge in [-0.1, -0.05) is 18.2 Å².